The van der Waals surface area contributed by atoms with Gasteiger partial charge in [-0.15, -0.1) is 0 Å². The van der Waals surface area contributed by atoms with E-state index in [1.54, 1.807) is 23.9 Å². The molecular weight excluding hydrogens is 342 g/mol. The molecule has 0 saturated carbocycles. The molecule has 138 valence electrons. The van der Waals surface area contributed by atoms with Crippen molar-refractivity contribution >= 4 is 5.95 Å². The second kappa shape index (κ2) is 7.28. The fraction of sp³-hybridized carbons (Fsp3) is 0.300. The van der Waals surface area contributed by atoms with Crippen molar-refractivity contribution in [2.24, 2.45) is 7.05 Å². The van der Waals surface area contributed by atoms with Crippen molar-refractivity contribution in [1.29, 1.82) is 0 Å². The zero-order valence-electron chi connectivity index (χ0n) is 15.3. The van der Waals surface area contributed by atoms with Gasteiger partial charge in [0.1, 0.15) is 12.4 Å². The largest absolute Gasteiger partial charge is 0.370 e. The first kappa shape index (κ1) is 17.4. The predicted molar refractivity (Wildman–Crippen MR) is 102 cm³/mol. The molecule has 2 atom stereocenters. The fourth-order valence-electron chi connectivity index (χ4n) is 3.26. The molecule has 0 spiro atoms. The van der Waals surface area contributed by atoms with Gasteiger partial charge in [-0.2, -0.15) is 0 Å². The van der Waals surface area contributed by atoms with Crippen LogP contribution in [0.5, 0.6) is 0 Å². The summed E-state index contributed by atoms with van der Waals surface area (Å²) < 4.78 is 7.61. The number of morpholine rings is 1. The van der Waals surface area contributed by atoms with Gasteiger partial charge in [-0.3, -0.25) is 9.36 Å². The molecule has 0 amide bonds. The van der Waals surface area contributed by atoms with Gasteiger partial charge in [0.25, 0.3) is 5.56 Å². The number of anilines is 1. The van der Waals surface area contributed by atoms with E-state index in [2.05, 4.69) is 33.9 Å². The molecule has 1 aliphatic heterocycles. The van der Waals surface area contributed by atoms with Crippen molar-refractivity contribution in [2.45, 2.75) is 19.1 Å². The maximum atomic E-state index is 12.6. The summed E-state index contributed by atoms with van der Waals surface area (Å²) in [6, 6.07) is 13.5. The molecule has 7 nitrogen and oxygen atoms in total. The van der Waals surface area contributed by atoms with Crippen molar-refractivity contribution in [2.75, 3.05) is 18.1 Å². The van der Waals surface area contributed by atoms with E-state index >= 15 is 0 Å². The Morgan fingerprint density at radius 1 is 1.15 bits per heavy atom. The van der Waals surface area contributed by atoms with E-state index in [1.807, 2.05) is 18.2 Å². The summed E-state index contributed by atoms with van der Waals surface area (Å²) in [5, 5.41) is 0. The average Bonchev–Trinajstić information content (AvgIpc) is 2.72. The van der Waals surface area contributed by atoms with Crippen LogP contribution in [0.4, 0.5) is 5.95 Å². The van der Waals surface area contributed by atoms with Crippen molar-refractivity contribution < 1.29 is 4.74 Å². The zero-order chi connectivity index (χ0) is 18.8. The normalized spacial score (nSPS) is 19.9. The average molecular weight is 363 g/mol. The lowest BCUT2D eigenvalue weighted by molar-refractivity contribution is 0.0206. The van der Waals surface area contributed by atoms with Crippen molar-refractivity contribution in [1.82, 2.24) is 19.5 Å². The lowest BCUT2D eigenvalue weighted by Crippen LogP contribution is -2.47. The van der Waals surface area contributed by atoms with Crippen LogP contribution in [-0.2, 0) is 11.8 Å². The van der Waals surface area contributed by atoms with Crippen LogP contribution in [-0.4, -0.2) is 38.7 Å². The monoisotopic (exact) mass is 363 g/mol. The van der Waals surface area contributed by atoms with Gasteiger partial charge in [0, 0.05) is 19.3 Å². The molecule has 4 rings (SSSR count). The van der Waals surface area contributed by atoms with E-state index in [-0.39, 0.29) is 17.7 Å². The standard InChI is InChI=1S/C20H21N5O2/c1-14-12-27-18(15-6-4-3-5-7-15)11-25(14)20-23-17(10-19(26)24(20)2)16-8-9-21-13-22-16/h3-10,13-14,18H,11-12H2,1-2H3/t14-,18-/m1/s1. The van der Waals surface area contributed by atoms with Gasteiger partial charge in [-0.25, -0.2) is 15.0 Å². The summed E-state index contributed by atoms with van der Waals surface area (Å²) in [7, 11) is 1.74. The van der Waals surface area contributed by atoms with Gasteiger partial charge < -0.3 is 9.64 Å². The lowest BCUT2D eigenvalue weighted by atomic mass is 10.1. The summed E-state index contributed by atoms with van der Waals surface area (Å²) in [5.74, 6) is 0.618. The number of nitrogens with zero attached hydrogens (tertiary/aromatic N) is 5. The minimum absolute atomic E-state index is 0.0676. The highest BCUT2D eigenvalue weighted by atomic mass is 16.5. The molecule has 0 bridgehead atoms. The molecule has 27 heavy (non-hydrogen) atoms. The van der Waals surface area contributed by atoms with Crippen LogP contribution in [0, 0.1) is 0 Å². The Bertz CT molecular complexity index is 975. The molecule has 0 radical (unpaired) electrons. The van der Waals surface area contributed by atoms with Gasteiger partial charge in [0.05, 0.1) is 30.6 Å². The summed E-state index contributed by atoms with van der Waals surface area (Å²) in [5.41, 5.74) is 2.17. The van der Waals surface area contributed by atoms with E-state index in [0.717, 1.165) is 5.56 Å². The first-order valence-corrected chi connectivity index (χ1v) is 8.91. The van der Waals surface area contributed by atoms with Crippen LogP contribution < -0.4 is 10.5 Å². The van der Waals surface area contributed by atoms with E-state index in [1.165, 1.54) is 12.4 Å². The Labute approximate surface area is 157 Å². The van der Waals surface area contributed by atoms with E-state index < -0.39 is 0 Å². The summed E-state index contributed by atoms with van der Waals surface area (Å²) in [6.07, 6.45) is 3.03. The van der Waals surface area contributed by atoms with E-state index in [9.17, 15) is 4.79 Å². The molecule has 0 N–H and O–H groups in total. The zero-order valence-corrected chi connectivity index (χ0v) is 15.3. The molecule has 0 unspecified atom stereocenters. The molecule has 3 heterocycles. The summed E-state index contributed by atoms with van der Waals surface area (Å²) in [4.78, 5) is 27.6. The minimum atomic E-state index is -0.122. The van der Waals surface area contributed by atoms with Crippen LogP contribution in [0.15, 0.2) is 59.8 Å². The second-order valence-electron chi connectivity index (χ2n) is 6.67. The Hall–Kier alpha value is -3.06. The third kappa shape index (κ3) is 3.46. The maximum absolute atomic E-state index is 12.6. The predicted octanol–water partition coefficient (Wildman–Crippen LogP) is 2.20. The molecule has 1 aliphatic rings. The van der Waals surface area contributed by atoms with Crippen LogP contribution in [0.25, 0.3) is 11.4 Å². The smallest absolute Gasteiger partial charge is 0.255 e. The van der Waals surface area contributed by atoms with E-state index in [0.29, 0.717) is 30.5 Å². The van der Waals surface area contributed by atoms with Crippen LogP contribution in [0.3, 0.4) is 0 Å². The number of rotatable bonds is 3. The van der Waals surface area contributed by atoms with Gasteiger partial charge in [0.2, 0.25) is 5.95 Å². The third-order valence-corrected chi connectivity index (χ3v) is 4.82. The van der Waals surface area contributed by atoms with Gasteiger partial charge >= 0.3 is 0 Å². The number of hydrogen-bond donors (Lipinski definition) is 0. The lowest BCUT2D eigenvalue weighted by Gasteiger charge is -2.39. The van der Waals surface area contributed by atoms with Crippen molar-refractivity contribution in [3.63, 3.8) is 0 Å². The first-order chi connectivity index (χ1) is 13.1. The number of aromatic nitrogens is 4. The van der Waals surface area contributed by atoms with Gasteiger partial charge in [-0.05, 0) is 18.6 Å². The van der Waals surface area contributed by atoms with Gasteiger partial charge in [0.15, 0.2) is 0 Å². The third-order valence-electron chi connectivity index (χ3n) is 4.82. The molecule has 1 saturated heterocycles. The highest BCUT2D eigenvalue weighted by Gasteiger charge is 2.30. The highest BCUT2D eigenvalue weighted by Crippen LogP contribution is 2.28. The molecular formula is C20H21N5O2. The Morgan fingerprint density at radius 2 is 1.96 bits per heavy atom. The van der Waals surface area contributed by atoms with E-state index in [4.69, 9.17) is 9.72 Å². The number of ether oxygens (including phenoxy) is 1. The maximum Gasteiger partial charge on any atom is 0.255 e. The Kier molecular flexibility index (Phi) is 4.68. The molecule has 7 heteroatoms. The Morgan fingerprint density at radius 3 is 2.70 bits per heavy atom. The fourth-order valence-corrected chi connectivity index (χ4v) is 3.26. The second-order valence-corrected chi connectivity index (χ2v) is 6.67. The quantitative estimate of drug-likeness (QED) is 0.710. The molecule has 0 aliphatic carbocycles. The number of hydrogen-bond acceptors (Lipinski definition) is 6. The van der Waals surface area contributed by atoms with Crippen molar-refractivity contribution in [3.05, 3.63) is 70.9 Å². The molecule has 1 fully saturated rings. The SMILES string of the molecule is C[C@@H]1CO[C@@H](c2ccccc2)CN1c1nc(-c2ccncn2)cc(=O)n1C. The van der Waals surface area contributed by atoms with Crippen molar-refractivity contribution in [3.8, 4) is 11.4 Å². The van der Waals surface area contributed by atoms with Gasteiger partial charge in [-0.1, -0.05) is 30.3 Å². The minimum Gasteiger partial charge on any atom is -0.370 e. The first-order valence-electron chi connectivity index (χ1n) is 8.91. The molecule has 2 aromatic heterocycles. The topological polar surface area (TPSA) is 73.1 Å². The Balaban J connectivity index is 1.72. The highest BCUT2D eigenvalue weighted by molar-refractivity contribution is 5.55. The summed E-state index contributed by atoms with van der Waals surface area (Å²) >= 11 is 0. The summed E-state index contributed by atoms with van der Waals surface area (Å²) in [6.45, 7) is 3.26. The molecule has 1 aromatic carbocycles. The number of benzene rings is 1. The van der Waals surface area contributed by atoms with Crippen LogP contribution >= 0.6 is 0 Å². The van der Waals surface area contributed by atoms with Crippen LogP contribution in [0.2, 0.25) is 0 Å². The van der Waals surface area contributed by atoms with Crippen LogP contribution in [0.1, 0.15) is 18.6 Å². The molecule has 3 aromatic rings.